The molecule has 7 heteroatoms. The maximum atomic E-state index is 14.0. The van der Waals surface area contributed by atoms with Gasteiger partial charge in [-0.1, -0.05) is 6.07 Å². The average Bonchev–Trinajstić information content (AvgIpc) is 2.39. The van der Waals surface area contributed by atoms with Gasteiger partial charge in [0, 0.05) is 33.9 Å². The van der Waals surface area contributed by atoms with E-state index >= 15 is 0 Å². The summed E-state index contributed by atoms with van der Waals surface area (Å²) < 4.78 is 44.5. The van der Waals surface area contributed by atoms with E-state index in [-0.39, 0.29) is 11.4 Å². The van der Waals surface area contributed by atoms with Crippen molar-refractivity contribution in [3.8, 4) is 0 Å². The number of hydrogen-bond donors (Lipinski definition) is 1. The standard InChI is InChI=1S/C13H21FN2O3S/c1-15-10-11-5-6-13(12(14)9-11)20(17,18)16(2)7-4-8-19-3/h5-6,9,15H,4,7-8,10H2,1-3H3. The van der Waals surface area contributed by atoms with Crippen molar-refractivity contribution in [2.45, 2.75) is 17.9 Å². The lowest BCUT2D eigenvalue weighted by Gasteiger charge is -2.17. The molecule has 0 unspecified atom stereocenters. The summed E-state index contributed by atoms with van der Waals surface area (Å²) in [6.07, 6.45) is 0.561. The number of nitrogens with one attached hydrogen (secondary N) is 1. The summed E-state index contributed by atoms with van der Waals surface area (Å²) in [5.74, 6) is -0.726. The van der Waals surface area contributed by atoms with Crippen LogP contribution in [0.4, 0.5) is 4.39 Å². The van der Waals surface area contributed by atoms with E-state index in [1.165, 1.54) is 19.2 Å². The van der Waals surface area contributed by atoms with Gasteiger partial charge in [0.25, 0.3) is 0 Å². The molecule has 0 saturated carbocycles. The van der Waals surface area contributed by atoms with Crippen molar-refractivity contribution in [3.05, 3.63) is 29.6 Å². The molecule has 0 aliphatic heterocycles. The molecular weight excluding hydrogens is 283 g/mol. The number of methoxy groups -OCH3 is 1. The van der Waals surface area contributed by atoms with Crippen molar-refractivity contribution in [1.82, 2.24) is 9.62 Å². The minimum atomic E-state index is -3.80. The van der Waals surface area contributed by atoms with Crippen LogP contribution in [-0.4, -0.2) is 47.1 Å². The van der Waals surface area contributed by atoms with Crippen molar-refractivity contribution in [3.63, 3.8) is 0 Å². The van der Waals surface area contributed by atoms with Crippen molar-refractivity contribution in [1.29, 1.82) is 0 Å². The SMILES string of the molecule is CNCc1ccc(S(=O)(=O)N(C)CCCOC)c(F)c1. The summed E-state index contributed by atoms with van der Waals surface area (Å²) in [7, 11) is 0.929. The van der Waals surface area contributed by atoms with E-state index in [1.54, 1.807) is 20.2 Å². The molecule has 114 valence electrons. The summed E-state index contributed by atoms with van der Waals surface area (Å²) >= 11 is 0. The van der Waals surface area contributed by atoms with Crippen LogP contribution in [0.15, 0.2) is 23.1 Å². The Morgan fingerprint density at radius 2 is 2.10 bits per heavy atom. The number of halogens is 1. The topological polar surface area (TPSA) is 58.6 Å². The first-order valence-electron chi connectivity index (χ1n) is 6.31. The molecule has 0 radical (unpaired) electrons. The number of sulfonamides is 1. The number of nitrogens with zero attached hydrogens (tertiary/aromatic N) is 1. The second-order valence-electron chi connectivity index (χ2n) is 4.47. The fraction of sp³-hybridized carbons (Fsp3) is 0.538. The molecule has 1 N–H and O–H groups in total. The van der Waals surface area contributed by atoms with Crippen LogP contribution in [0.25, 0.3) is 0 Å². The Morgan fingerprint density at radius 3 is 2.65 bits per heavy atom. The van der Waals surface area contributed by atoms with Crippen LogP contribution in [0.5, 0.6) is 0 Å². The van der Waals surface area contributed by atoms with Crippen LogP contribution >= 0.6 is 0 Å². The minimum Gasteiger partial charge on any atom is -0.385 e. The number of benzene rings is 1. The first-order valence-corrected chi connectivity index (χ1v) is 7.75. The molecule has 0 spiro atoms. The zero-order valence-corrected chi connectivity index (χ0v) is 12.8. The predicted octanol–water partition coefficient (Wildman–Crippen LogP) is 1.20. The van der Waals surface area contributed by atoms with Gasteiger partial charge in [0.05, 0.1) is 0 Å². The first kappa shape index (κ1) is 17.0. The second kappa shape index (κ2) is 7.68. The summed E-state index contributed by atoms with van der Waals surface area (Å²) in [5.41, 5.74) is 0.700. The van der Waals surface area contributed by atoms with E-state index < -0.39 is 15.8 Å². The molecular formula is C13H21FN2O3S. The van der Waals surface area contributed by atoms with Gasteiger partial charge in [0.1, 0.15) is 10.7 Å². The molecule has 0 fully saturated rings. The Labute approximate surface area is 119 Å². The van der Waals surface area contributed by atoms with Crippen molar-refractivity contribution < 1.29 is 17.5 Å². The van der Waals surface area contributed by atoms with Crippen molar-refractivity contribution >= 4 is 10.0 Å². The van der Waals surface area contributed by atoms with Gasteiger partial charge in [-0.3, -0.25) is 0 Å². The van der Waals surface area contributed by atoms with E-state index in [2.05, 4.69) is 5.32 Å². The largest absolute Gasteiger partial charge is 0.385 e. The quantitative estimate of drug-likeness (QED) is 0.733. The number of rotatable bonds is 8. The van der Waals surface area contributed by atoms with Gasteiger partial charge in [0.2, 0.25) is 10.0 Å². The van der Waals surface area contributed by atoms with Crippen LogP contribution in [-0.2, 0) is 21.3 Å². The lowest BCUT2D eigenvalue weighted by Crippen LogP contribution is -2.29. The van der Waals surface area contributed by atoms with Crippen molar-refractivity contribution in [2.75, 3.05) is 34.4 Å². The second-order valence-corrected chi connectivity index (χ2v) is 6.48. The van der Waals surface area contributed by atoms with E-state index in [0.29, 0.717) is 25.1 Å². The monoisotopic (exact) mass is 304 g/mol. The fourth-order valence-electron chi connectivity index (χ4n) is 1.79. The van der Waals surface area contributed by atoms with E-state index in [9.17, 15) is 12.8 Å². The third-order valence-corrected chi connectivity index (χ3v) is 4.78. The highest BCUT2D eigenvalue weighted by Crippen LogP contribution is 2.19. The molecule has 20 heavy (non-hydrogen) atoms. The Kier molecular flexibility index (Phi) is 6.54. The molecule has 0 aliphatic rings. The van der Waals surface area contributed by atoms with Crippen LogP contribution in [0.3, 0.4) is 0 Å². The molecule has 5 nitrogen and oxygen atoms in total. The zero-order chi connectivity index (χ0) is 15.2. The maximum Gasteiger partial charge on any atom is 0.245 e. The van der Waals surface area contributed by atoms with Crippen LogP contribution in [0.1, 0.15) is 12.0 Å². The van der Waals surface area contributed by atoms with Crippen molar-refractivity contribution in [2.24, 2.45) is 0 Å². The molecule has 0 aliphatic carbocycles. The molecule has 1 rings (SSSR count). The number of hydrogen-bond acceptors (Lipinski definition) is 4. The van der Waals surface area contributed by atoms with Gasteiger partial charge in [-0.25, -0.2) is 17.1 Å². The Balaban J connectivity index is 2.91. The molecule has 0 saturated heterocycles. The molecule has 1 aromatic carbocycles. The summed E-state index contributed by atoms with van der Waals surface area (Å²) in [5, 5.41) is 2.89. The molecule has 0 amide bonds. The summed E-state index contributed by atoms with van der Waals surface area (Å²) in [4.78, 5) is -0.294. The third kappa shape index (κ3) is 4.24. The predicted molar refractivity (Wildman–Crippen MR) is 75.5 cm³/mol. The van der Waals surface area contributed by atoms with E-state index in [4.69, 9.17) is 4.74 Å². The molecule has 0 aromatic heterocycles. The fourth-order valence-corrected chi connectivity index (χ4v) is 3.04. The van der Waals surface area contributed by atoms with Gasteiger partial charge >= 0.3 is 0 Å². The Morgan fingerprint density at radius 1 is 1.40 bits per heavy atom. The van der Waals surface area contributed by atoms with Crippen LogP contribution in [0.2, 0.25) is 0 Å². The normalized spacial score (nSPS) is 12.1. The summed E-state index contributed by atoms with van der Waals surface area (Å²) in [6, 6.07) is 4.16. The summed E-state index contributed by atoms with van der Waals surface area (Å²) in [6.45, 7) is 1.23. The highest BCUT2D eigenvalue weighted by Gasteiger charge is 2.24. The highest BCUT2D eigenvalue weighted by atomic mass is 32.2. The highest BCUT2D eigenvalue weighted by molar-refractivity contribution is 7.89. The van der Waals surface area contributed by atoms with Gasteiger partial charge in [-0.15, -0.1) is 0 Å². The van der Waals surface area contributed by atoms with Gasteiger partial charge in [-0.05, 0) is 31.2 Å². The van der Waals surface area contributed by atoms with Gasteiger partial charge in [-0.2, -0.15) is 0 Å². The molecule has 1 aromatic rings. The van der Waals surface area contributed by atoms with Gasteiger partial charge in [0.15, 0.2) is 0 Å². The molecule has 0 bridgehead atoms. The molecule has 0 atom stereocenters. The Bertz CT molecular complexity index is 534. The average molecular weight is 304 g/mol. The number of ether oxygens (including phenoxy) is 1. The zero-order valence-electron chi connectivity index (χ0n) is 12.0. The van der Waals surface area contributed by atoms with Gasteiger partial charge < -0.3 is 10.1 Å². The third-order valence-electron chi connectivity index (χ3n) is 2.89. The first-order chi connectivity index (χ1) is 9.43. The van der Waals surface area contributed by atoms with E-state index in [0.717, 1.165) is 4.31 Å². The Hall–Kier alpha value is -1.02. The lowest BCUT2D eigenvalue weighted by molar-refractivity contribution is 0.189. The van der Waals surface area contributed by atoms with Crippen LogP contribution < -0.4 is 5.32 Å². The maximum absolute atomic E-state index is 14.0. The molecule has 0 heterocycles. The van der Waals surface area contributed by atoms with E-state index in [1.807, 2.05) is 0 Å². The smallest absolute Gasteiger partial charge is 0.245 e. The lowest BCUT2D eigenvalue weighted by atomic mass is 10.2. The minimum absolute atomic E-state index is 0.286. The van der Waals surface area contributed by atoms with Crippen LogP contribution in [0, 0.1) is 5.82 Å².